The summed E-state index contributed by atoms with van der Waals surface area (Å²) >= 11 is 0. The van der Waals surface area contributed by atoms with Gasteiger partial charge >= 0.3 is 5.97 Å². The molecule has 0 saturated heterocycles. The Kier molecular flexibility index (Phi) is 5.58. The molecule has 88 valence electrons. The van der Waals surface area contributed by atoms with Crippen molar-refractivity contribution in [1.82, 2.24) is 5.32 Å². The maximum Gasteiger partial charge on any atom is 0.334 e. The summed E-state index contributed by atoms with van der Waals surface area (Å²) in [4.78, 5) is 11.2. The minimum absolute atomic E-state index is 0.176. The number of hydrogen-bond acceptors (Lipinski definition) is 3. The third kappa shape index (κ3) is 5.57. The molecule has 0 aliphatic carbocycles. The SMILES string of the molecule is C=C(CNC(C)C(C)(C)C)C(=O)OCC. The van der Waals surface area contributed by atoms with Crippen LogP contribution in [0, 0.1) is 5.41 Å². The van der Waals surface area contributed by atoms with E-state index >= 15 is 0 Å². The Morgan fingerprint density at radius 3 is 2.40 bits per heavy atom. The average Bonchev–Trinajstić information content (AvgIpc) is 2.12. The molecule has 0 fully saturated rings. The average molecular weight is 213 g/mol. The van der Waals surface area contributed by atoms with Crippen LogP contribution in [0.3, 0.4) is 0 Å². The second-order valence-corrected chi connectivity index (χ2v) is 4.79. The predicted octanol–water partition coefficient (Wildman–Crippen LogP) is 2.13. The fraction of sp³-hybridized carbons (Fsp3) is 0.750. The van der Waals surface area contributed by atoms with Gasteiger partial charge in [-0.2, -0.15) is 0 Å². The Balaban J connectivity index is 3.96. The molecular formula is C12H23NO2. The van der Waals surface area contributed by atoms with Crippen LogP contribution in [0.15, 0.2) is 12.2 Å². The molecule has 0 bridgehead atoms. The normalized spacial score (nSPS) is 13.4. The summed E-state index contributed by atoms with van der Waals surface area (Å²) in [7, 11) is 0. The Morgan fingerprint density at radius 1 is 1.47 bits per heavy atom. The molecule has 1 atom stereocenters. The van der Waals surface area contributed by atoms with E-state index in [0.717, 1.165) is 0 Å². The third-order valence-corrected chi connectivity index (χ3v) is 2.48. The molecule has 0 aromatic heterocycles. The molecule has 1 N–H and O–H groups in total. The van der Waals surface area contributed by atoms with E-state index in [1.807, 2.05) is 0 Å². The van der Waals surface area contributed by atoms with Gasteiger partial charge in [0.15, 0.2) is 0 Å². The lowest BCUT2D eigenvalue weighted by atomic mass is 9.88. The summed E-state index contributed by atoms with van der Waals surface area (Å²) in [5, 5.41) is 3.26. The van der Waals surface area contributed by atoms with Gasteiger partial charge in [0, 0.05) is 18.2 Å². The first-order valence-electron chi connectivity index (χ1n) is 5.37. The highest BCUT2D eigenvalue weighted by Crippen LogP contribution is 2.18. The summed E-state index contributed by atoms with van der Waals surface area (Å²) in [6.45, 7) is 14.9. The van der Waals surface area contributed by atoms with Gasteiger partial charge in [-0.25, -0.2) is 4.79 Å². The van der Waals surface area contributed by atoms with Crippen molar-refractivity contribution in [3.05, 3.63) is 12.2 Å². The lowest BCUT2D eigenvalue weighted by molar-refractivity contribution is -0.138. The van der Waals surface area contributed by atoms with Crippen LogP contribution in [0.5, 0.6) is 0 Å². The standard InChI is InChI=1S/C12H23NO2/c1-7-15-11(14)9(2)8-13-10(3)12(4,5)6/h10,13H,2,7-8H2,1,3-6H3. The zero-order chi connectivity index (χ0) is 12.1. The molecule has 3 heteroatoms. The molecule has 3 nitrogen and oxygen atoms in total. The van der Waals surface area contributed by atoms with E-state index in [1.165, 1.54) is 0 Å². The van der Waals surface area contributed by atoms with Gasteiger partial charge in [0.25, 0.3) is 0 Å². The molecule has 0 aromatic rings. The van der Waals surface area contributed by atoms with Crippen LogP contribution in [0.1, 0.15) is 34.6 Å². The quantitative estimate of drug-likeness (QED) is 0.561. The fourth-order valence-corrected chi connectivity index (χ4v) is 0.888. The predicted molar refractivity (Wildman–Crippen MR) is 62.7 cm³/mol. The number of rotatable bonds is 5. The molecule has 0 spiro atoms. The van der Waals surface area contributed by atoms with Crippen LogP contribution in [-0.2, 0) is 9.53 Å². The number of carbonyl (C=O) groups excluding carboxylic acids is 1. The van der Waals surface area contributed by atoms with E-state index in [0.29, 0.717) is 24.8 Å². The molecule has 0 aliphatic rings. The second kappa shape index (κ2) is 5.91. The lowest BCUT2D eigenvalue weighted by Crippen LogP contribution is -2.39. The van der Waals surface area contributed by atoms with Crippen LogP contribution >= 0.6 is 0 Å². The van der Waals surface area contributed by atoms with Crippen molar-refractivity contribution < 1.29 is 9.53 Å². The Labute approximate surface area is 92.9 Å². The van der Waals surface area contributed by atoms with Crippen molar-refractivity contribution in [3.8, 4) is 0 Å². The largest absolute Gasteiger partial charge is 0.463 e. The van der Waals surface area contributed by atoms with Crippen molar-refractivity contribution in [1.29, 1.82) is 0 Å². The van der Waals surface area contributed by atoms with Crippen molar-refractivity contribution in [2.45, 2.75) is 40.7 Å². The van der Waals surface area contributed by atoms with Crippen molar-refractivity contribution >= 4 is 5.97 Å². The Bertz CT molecular complexity index is 228. The first-order chi connectivity index (χ1) is 6.79. The van der Waals surface area contributed by atoms with Crippen molar-refractivity contribution in [2.24, 2.45) is 5.41 Å². The molecule has 0 aliphatic heterocycles. The van der Waals surface area contributed by atoms with E-state index < -0.39 is 0 Å². The Hall–Kier alpha value is -0.830. The van der Waals surface area contributed by atoms with E-state index in [2.05, 4.69) is 39.6 Å². The first kappa shape index (κ1) is 14.2. The van der Waals surface area contributed by atoms with Crippen LogP contribution in [0.2, 0.25) is 0 Å². The van der Waals surface area contributed by atoms with Crippen LogP contribution in [-0.4, -0.2) is 25.2 Å². The number of ether oxygens (including phenoxy) is 1. The smallest absolute Gasteiger partial charge is 0.334 e. The zero-order valence-electron chi connectivity index (χ0n) is 10.5. The molecule has 0 amide bonds. The summed E-state index contributed by atoms with van der Waals surface area (Å²) in [6.07, 6.45) is 0. The van der Waals surface area contributed by atoms with E-state index in [4.69, 9.17) is 4.74 Å². The molecule has 0 radical (unpaired) electrons. The van der Waals surface area contributed by atoms with Crippen LogP contribution < -0.4 is 5.32 Å². The molecule has 15 heavy (non-hydrogen) atoms. The van der Waals surface area contributed by atoms with Crippen molar-refractivity contribution in [2.75, 3.05) is 13.2 Å². The molecule has 0 aromatic carbocycles. The van der Waals surface area contributed by atoms with Gasteiger partial charge in [-0.05, 0) is 19.3 Å². The van der Waals surface area contributed by atoms with Gasteiger partial charge in [-0.1, -0.05) is 27.4 Å². The van der Waals surface area contributed by atoms with Gasteiger partial charge < -0.3 is 10.1 Å². The van der Waals surface area contributed by atoms with Crippen LogP contribution in [0.25, 0.3) is 0 Å². The minimum atomic E-state index is -0.314. The number of hydrogen-bond donors (Lipinski definition) is 1. The fourth-order valence-electron chi connectivity index (χ4n) is 0.888. The number of esters is 1. The second-order valence-electron chi connectivity index (χ2n) is 4.79. The molecular weight excluding hydrogens is 190 g/mol. The topological polar surface area (TPSA) is 38.3 Å². The third-order valence-electron chi connectivity index (χ3n) is 2.48. The maximum absolute atomic E-state index is 11.2. The first-order valence-corrected chi connectivity index (χ1v) is 5.37. The summed E-state index contributed by atoms with van der Waals surface area (Å²) in [5.74, 6) is -0.314. The highest BCUT2D eigenvalue weighted by molar-refractivity contribution is 5.88. The summed E-state index contributed by atoms with van der Waals surface area (Å²) in [6, 6.07) is 0.323. The van der Waals surface area contributed by atoms with Gasteiger partial charge in [-0.15, -0.1) is 0 Å². The number of carbonyl (C=O) groups is 1. The van der Waals surface area contributed by atoms with E-state index in [9.17, 15) is 4.79 Å². The monoisotopic (exact) mass is 213 g/mol. The van der Waals surface area contributed by atoms with E-state index in [-0.39, 0.29) is 11.4 Å². The number of nitrogens with one attached hydrogen (secondary N) is 1. The van der Waals surface area contributed by atoms with Gasteiger partial charge in [-0.3, -0.25) is 0 Å². The van der Waals surface area contributed by atoms with Crippen LogP contribution in [0.4, 0.5) is 0 Å². The van der Waals surface area contributed by atoms with Gasteiger partial charge in [0.05, 0.1) is 6.61 Å². The molecule has 0 heterocycles. The highest BCUT2D eigenvalue weighted by atomic mass is 16.5. The van der Waals surface area contributed by atoms with Gasteiger partial charge in [0.2, 0.25) is 0 Å². The molecule has 1 unspecified atom stereocenters. The molecule has 0 saturated carbocycles. The lowest BCUT2D eigenvalue weighted by Gasteiger charge is -2.28. The van der Waals surface area contributed by atoms with E-state index in [1.54, 1.807) is 6.92 Å². The van der Waals surface area contributed by atoms with Crippen molar-refractivity contribution in [3.63, 3.8) is 0 Å². The zero-order valence-corrected chi connectivity index (χ0v) is 10.5. The maximum atomic E-state index is 11.2. The summed E-state index contributed by atoms with van der Waals surface area (Å²) < 4.78 is 4.84. The molecule has 0 rings (SSSR count). The minimum Gasteiger partial charge on any atom is -0.463 e. The Morgan fingerprint density at radius 2 is 2.00 bits per heavy atom. The summed E-state index contributed by atoms with van der Waals surface area (Å²) in [5.41, 5.74) is 0.655. The van der Waals surface area contributed by atoms with Gasteiger partial charge in [0.1, 0.15) is 0 Å². The highest BCUT2D eigenvalue weighted by Gasteiger charge is 2.20.